The smallest absolute Gasteiger partial charge is 0.254 e. The average Bonchev–Trinajstić information content (AvgIpc) is 2.85. The fraction of sp³-hybridized carbons (Fsp3) is 0.167. The van der Waals surface area contributed by atoms with Crippen molar-refractivity contribution in [1.29, 1.82) is 0 Å². The summed E-state index contributed by atoms with van der Waals surface area (Å²) in [7, 11) is 1.56. The van der Waals surface area contributed by atoms with E-state index in [0.29, 0.717) is 22.8 Å². The number of hydrogen-bond donors (Lipinski definition) is 4. The SMILES string of the molecule is COc1ccc(Nc2cccc(C(=O)NCC(=O)NCCNC(=O)c3c(Cl)cccc3Cl)c2)nc1. The first-order chi connectivity index (χ1) is 16.9. The Morgan fingerprint density at radius 1 is 0.886 bits per heavy atom. The summed E-state index contributed by atoms with van der Waals surface area (Å²) in [5.41, 5.74) is 1.21. The molecule has 182 valence electrons. The standard InChI is InChI=1S/C24H23Cl2N5O4/c1-35-17-8-9-20(29-13-17)31-16-5-2-4-15(12-16)23(33)30-14-21(32)27-10-11-28-24(34)22-18(25)6-3-7-19(22)26/h2-9,12-13H,10-11,14H2,1H3,(H,27,32)(H,28,34)(H,29,31)(H,30,33). The molecule has 0 spiro atoms. The fourth-order valence-corrected chi connectivity index (χ4v) is 3.54. The van der Waals surface area contributed by atoms with Crippen molar-refractivity contribution in [3.8, 4) is 5.75 Å². The number of carbonyl (C=O) groups excluding carboxylic acids is 3. The highest BCUT2D eigenvalue weighted by Gasteiger charge is 2.14. The summed E-state index contributed by atoms with van der Waals surface area (Å²) in [5, 5.41) is 11.4. The van der Waals surface area contributed by atoms with Gasteiger partial charge in [0.1, 0.15) is 11.6 Å². The number of carbonyl (C=O) groups is 3. The Hall–Kier alpha value is -3.82. The summed E-state index contributed by atoms with van der Waals surface area (Å²) in [5.74, 6) is -0.0318. The van der Waals surface area contributed by atoms with Crippen molar-refractivity contribution >= 4 is 52.4 Å². The van der Waals surface area contributed by atoms with Crippen molar-refractivity contribution < 1.29 is 19.1 Å². The number of anilines is 2. The number of methoxy groups -OCH3 is 1. The molecule has 0 aliphatic rings. The second kappa shape index (κ2) is 12.6. The molecule has 11 heteroatoms. The van der Waals surface area contributed by atoms with Crippen LogP contribution in [-0.4, -0.2) is 49.4 Å². The lowest BCUT2D eigenvalue weighted by Gasteiger charge is -2.10. The molecule has 0 aliphatic heterocycles. The van der Waals surface area contributed by atoms with Crippen LogP contribution in [0, 0.1) is 0 Å². The van der Waals surface area contributed by atoms with Gasteiger partial charge in [-0.1, -0.05) is 35.3 Å². The molecule has 3 amide bonds. The topological polar surface area (TPSA) is 121 Å². The van der Waals surface area contributed by atoms with Crippen molar-refractivity contribution in [2.24, 2.45) is 0 Å². The van der Waals surface area contributed by atoms with E-state index in [1.807, 2.05) is 0 Å². The first kappa shape index (κ1) is 25.8. The maximum Gasteiger partial charge on any atom is 0.254 e. The molecular weight excluding hydrogens is 493 g/mol. The van der Waals surface area contributed by atoms with Gasteiger partial charge in [-0.05, 0) is 42.5 Å². The normalized spacial score (nSPS) is 10.3. The van der Waals surface area contributed by atoms with Gasteiger partial charge in [-0.3, -0.25) is 14.4 Å². The van der Waals surface area contributed by atoms with Crippen molar-refractivity contribution in [3.05, 3.63) is 82.0 Å². The minimum absolute atomic E-state index is 0.160. The van der Waals surface area contributed by atoms with E-state index < -0.39 is 17.7 Å². The fourth-order valence-electron chi connectivity index (χ4n) is 2.97. The molecular formula is C24H23Cl2N5O4. The zero-order valence-electron chi connectivity index (χ0n) is 18.7. The quantitative estimate of drug-likeness (QED) is 0.307. The van der Waals surface area contributed by atoms with Gasteiger partial charge in [0, 0.05) is 24.3 Å². The molecule has 4 N–H and O–H groups in total. The summed E-state index contributed by atoms with van der Waals surface area (Å²) >= 11 is 12.0. The summed E-state index contributed by atoms with van der Waals surface area (Å²) in [6.07, 6.45) is 1.58. The monoisotopic (exact) mass is 515 g/mol. The van der Waals surface area contributed by atoms with Gasteiger partial charge in [0.25, 0.3) is 11.8 Å². The molecule has 0 saturated heterocycles. The number of benzene rings is 2. The zero-order chi connectivity index (χ0) is 25.2. The van der Waals surface area contributed by atoms with E-state index in [-0.39, 0.29) is 35.2 Å². The van der Waals surface area contributed by atoms with Gasteiger partial charge in [-0.15, -0.1) is 0 Å². The lowest BCUT2D eigenvalue weighted by molar-refractivity contribution is -0.120. The average molecular weight is 516 g/mol. The van der Waals surface area contributed by atoms with E-state index in [2.05, 4.69) is 26.3 Å². The summed E-state index contributed by atoms with van der Waals surface area (Å²) in [4.78, 5) is 40.9. The molecule has 2 aromatic carbocycles. The molecule has 0 fully saturated rings. The van der Waals surface area contributed by atoms with Gasteiger partial charge in [-0.25, -0.2) is 4.98 Å². The third-order valence-corrected chi connectivity index (χ3v) is 5.33. The van der Waals surface area contributed by atoms with Crippen LogP contribution in [-0.2, 0) is 4.79 Å². The summed E-state index contributed by atoms with van der Waals surface area (Å²) < 4.78 is 5.08. The lowest BCUT2D eigenvalue weighted by atomic mass is 10.2. The Labute approximate surface area is 212 Å². The Kier molecular flexibility index (Phi) is 9.28. The number of hydrogen-bond acceptors (Lipinski definition) is 6. The van der Waals surface area contributed by atoms with Gasteiger partial charge in [0.15, 0.2) is 0 Å². The maximum absolute atomic E-state index is 12.4. The van der Waals surface area contributed by atoms with Crippen LogP contribution in [0.3, 0.4) is 0 Å². The number of amides is 3. The largest absolute Gasteiger partial charge is 0.495 e. The second-order valence-corrected chi connectivity index (χ2v) is 7.99. The van der Waals surface area contributed by atoms with Gasteiger partial charge in [0.2, 0.25) is 5.91 Å². The van der Waals surface area contributed by atoms with E-state index in [1.54, 1.807) is 67.9 Å². The predicted octanol–water partition coefficient (Wildman–Crippen LogP) is 3.42. The molecule has 0 bridgehead atoms. The molecule has 0 atom stereocenters. The van der Waals surface area contributed by atoms with Gasteiger partial charge in [0.05, 0.1) is 35.5 Å². The zero-order valence-corrected chi connectivity index (χ0v) is 20.2. The van der Waals surface area contributed by atoms with Gasteiger partial charge >= 0.3 is 0 Å². The van der Waals surface area contributed by atoms with E-state index in [1.165, 1.54) is 0 Å². The van der Waals surface area contributed by atoms with Crippen LogP contribution in [0.15, 0.2) is 60.8 Å². The minimum atomic E-state index is -0.443. The molecule has 3 rings (SSSR count). The lowest BCUT2D eigenvalue weighted by Crippen LogP contribution is -2.40. The Morgan fingerprint density at radius 2 is 1.60 bits per heavy atom. The van der Waals surface area contributed by atoms with Crippen LogP contribution in [0.5, 0.6) is 5.75 Å². The third-order valence-electron chi connectivity index (χ3n) is 4.70. The van der Waals surface area contributed by atoms with Crippen LogP contribution in [0.2, 0.25) is 10.0 Å². The van der Waals surface area contributed by atoms with E-state index in [9.17, 15) is 14.4 Å². The van der Waals surface area contributed by atoms with E-state index in [0.717, 1.165) is 0 Å². The molecule has 0 radical (unpaired) electrons. The number of halogens is 2. The summed E-state index contributed by atoms with van der Waals surface area (Å²) in [6.45, 7) is 0.102. The van der Waals surface area contributed by atoms with E-state index >= 15 is 0 Å². The number of pyridine rings is 1. The Bertz CT molecular complexity index is 1180. The van der Waals surface area contributed by atoms with Crippen LogP contribution in [0.4, 0.5) is 11.5 Å². The highest BCUT2D eigenvalue weighted by Crippen LogP contribution is 2.23. The molecule has 0 saturated carbocycles. The van der Waals surface area contributed by atoms with Crippen molar-refractivity contribution in [1.82, 2.24) is 20.9 Å². The van der Waals surface area contributed by atoms with Gasteiger partial charge in [-0.2, -0.15) is 0 Å². The van der Waals surface area contributed by atoms with Crippen molar-refractivity contribution in [2.45, 2.75) is 0 Å². The Balaban J connectivity index is 1.41. The van der Waals surface area contributed by atoms with E-state index in [4.69, 9.17) is 27.9 Å². The molecule has 9 nitrogen and oxygen atoms in total. The van der Waals surface area contributed by atoms with Crippen LogP contribution >= 0.6 is 23.2 Å². The van der Waals surface area contributed by atoms with Crippen LogP contribution in [0.25, 0.3) is 0 Å². The van der Waals surface area contributed by atoms with Crippen LogP contribution < -0.4 is 26.0 Å². The molecule has 0 unspecified atom stereocenters. The van der Waals surface area contributed by atoms with Crippen LogP contribution in [0.1, 0.15) is 20.7 Å². The Morgan fingerprint density at radius 3 is 2.29 bits per heavy atom. The minimum Gasteiger partial charge on any atom is -0.495 e. The molecule has 35 heavy (non-hydrogen) atoms. The first-order valence-corrected chi connectivity index (χ1v) is 11.3. The van der Waals surface area contributed by atoms with Gasteiger partial charge < -0.3 is 26.0 Å². The second-order valence-electron chi connectivity index (χ2n) is 7.17. The third kappa shape index (κ3) is 7.59. The summed E-state index contributed by atoms with van der Waals surface area (Å²) in [6, 6.07) is 15.1. The van der Waals surface area contributed by atoms with Crippen molar-refractivity contribution in [2.75, 3.05) is 32.1 Å². The molecule has 0 aliphatic carbocycles. The number of nitrogens with zero attached hydrogens (tertiary/aromatic N) is 1. The number of aromatic nitrogens is 1. The highest BCUT2D eigenvalue weighted by atomic mass is 35.5. The molecule has 3 aromatic rings. The highest BCUT2D eigenvalue weighted by molar-refractivity contribution is 6.39. The molecule has 1 heterocycles. The number of rotatable bonds is 10. The number of nitrogens with one attached hydrogen (secondary N) is 4. The first-order valence-electron chi connectivity index (χ1n) is 10.5. The van der Waals surface area contributed by atoms with Crippen molar-refractivity contribution in [3.63, 3.8) is 0 Å². The predicted molar refractivity (Wildman–Crippen MR) is 135 cm³/mol. The maximum atomic E-state index is 12.4. The molecule has 1 aromatic heterocycles. The number of ether oxygens (including phenoxy) is 1.